The van der Waals surface area contributed by atoms with E-state index in [2.05, 4.69) is 55.2 Å². The minimum Gasteiger partial charge on any atom is -0.312 e. The van der Waals surface area contributed by atoms with E-state index in [0.717, 1.165) is 13.1 Å². The van der Waals surface area contributed by atoms with Gasteiger partial charge in [0.25, 0.3) is 0 Å². The maximum atomic E-state index is 4.10. The van der Waals surface area contributed by atoms with Crippen LogP contribution in [-0.4, -0.2) is 35.6 Å². The first-order chi connectivity index (χ1) is 9.54. The zero-order valence-electron chi connectivity index (χ0n) is 13.4. The summed E-state index contributed by atoms with van der Waals surface area (Å²) in [5.41, 5.74) is 1.74. The molecule has 1 aromatic rings. The fourth-order valence-corrected chi connectivity index (χ4v) is 3.44. The Morgan fingerprint density at radius 3 is 2.70 bits per heavy atom. The van der Waals surface area contributed by atoms with Gasteiger partial charge in [-0.05, 0) is 56.0 Å². The predicted octanol–water partition coefficient (Wildman–Crippen LogP) is 3.07. The molecule has 1 aliphatic carbocycles. The van der Waals surface area contributed by atoms with E-state index in [4.69, 9.17) is 0 Å². The predicted molar refractivity (Wildman–Crippen MR) is 84.6 cm³/mol. The van der Waals surface area contributed by atoms with Gasteiger partial charge < -0.3 is 5.32 Å². The highest BCUT2D eigenvalue weighted by Crippen LogP contribution is 2.39. The number of nitrogens with one attached hydrogen (secondary N) is 1. The number of pyridine rings is 1. The molecule has 0 amide bonds. The molecule has 0 saturated heterocycles. The zero-order chi connectivity index (χ0) is 14.6. The van der Waals surface area contributed by atoms with Crippen molar-refractivity contribution in [1.29, 1.82) is 0 Å². The quantitative estimate of drug-likeness (QED) is 0.865. The summed E-state index contributed by atoms with van der Waals surface area (Å²) in [7, 11) is 2.26. The van der Waals surface area contributed by atoms with Crippen LogP contribution < -0.4 is 5.32 Å². The van der Waals surface area contributed by atoms with Crippen LogP contribution in [0.15, 0.2) is 24.5 Å². The standard InChI is InChI=1S/C17H29N3/c1-5-10-19-16-15(6-9-17(16,2)3)20(4)13-14-7-11-18-12-8-14/h7-8,11-12,15-16,19H,5-6,9-10,13H2,1-4H3. The Kier molecular flexibility index (Phi) is 5.17. The molecule has 0 aliphatic heterocycles. The summed E-state index contributed by atoms with van der Waals surface area (Å²) in [6.07, 6.45) is 7.56. The molecule has 2 unspecified atom stereocenters. The van der Waals surface area contributed by atoms with Gasteiger partial charge in [0.05, 0.1) is 0 Å². The molecule has 0 radical (unpaired) electrons. The zero-order valence-corrected chi connectivity index (χ0v) is 13.4. The molecule has 0 bridgehead atoms. The lowest BCUT2D eigenvalue weighted by Gasteiger charge is -2.36. The van der Waals surface area contributed by atoms with Crippen LogP contribution in [0.25, 0.3) is 0 Å². The van der Waals surface area contributed by atoms with Gasteiger partial charge in [0, 0.05) is 31.0 Å². The highest BCUT2D eigenvalue weighted by atomic mass is 15.2. The van der Waals surface area contributed by atoms with Crippen molar-refractivity contribution in [2.45, 2.75) is 58.7 Å². The Balaban J connectivity index is 2.02. The van der Waals surface area contributed by atoms with Crippen molar-refractivity contribution in [2.24, 2.45) is 5.41 Å². The average molecular weight is 275 g/mol. The van der Waals surface area contributed by atoms with Crippen molar-refractivity contribution in [3.63, 3.8) is 0 Å². The third-order valence-electron chi connectivity index (χ3n) is 4.67. The number of rotatable bonds is 6. The summed E-state index contributed by atoms with van der Waals surface area (Å²) < 4.78 is 0. The van der Waals surface area contributed by atoms with E-state index < -0.39 is 0 Å². The van der Waals surface area contributed by atoms with Crippen LogP contribution >= 0.6 is 0 Å². The lowest BCUT2D eigenvalue weighted by atomic mass is 9.86. The first kappa shape index (κ1) is 15.5. The van der Waals surface area contributed by atoms with E-state index in [1.165, 1.54) is 24.8 Å². The molecule has 1 N–H and O–H groups in total. The molecule has 1 saturated carbocycles. The molecule has 112 valence electrons. The molecule has 1 aliphatic rings. The van der Waals surface area contributed by atoms with Crippen molar-refractivity contribution in [2.75, 3.05) is 13.6 Å². The molecular formula is C17H29N3. The third-order valence-corrected chi connectivity index (χ3v) is 4.67. The van der Waals surface area contributed by atoms with E-state index in [1.807, 2.05) is 12.4 Å². The molecule has 1 heterocycles. The number of hydrogen-bond donors (Lipinski definition) is 1. The average Bonchev–Trinajstić information content (AvgIpc) is 2.72. The molecule has 0 spiro atoms. The summed E-state index contributed by atoms with van der Waals surface area (Å²) in [6.45, 7) is 9.17. The summed E-state index contributed by atoms with van der Waals surface area (Å²) in [5.74, 6) is 0. The van der Waals surface area contributed by atoms with Gasteiger partial charge in [-0.1, -0.05) is 20.8 Å². The monoisotopic (exact) mass is 275 g/mol. The fourth-order valence-electron chi connectivity index (χ4n) is 3.44. The Morgan fingerprint density at radius 1 is 1.35 bits per heavy atom. The second kappa shape index (κ2) is 6.68. The van der Waals surface area contributed by atoms with Gasteiger partial charge in [0.1, 0.15) is 0 Å². The highest BCUT2D eigenvalue weighted by molar-refractivity contribution is 5.10. The minimum absolute atomic E-state index is 0.395. The lowest BCUT2D eigenvalue weighted by Crippen LogP contribution is -2.50. The van der Waals surface area contributed by atoms with E-state index in [-0.39, 0.29) is 0 Å². The van der Waals surface area contributed by atoms with Gasteiger partial charge in [-0.15, -0.1) is 0 Å². The fraction of sp³-hybridized carbons (Fsp3) is 0.706. The number of likely N-dealkylation sites (N-methyl/N-ethyl adjacent to an activating group) is 1. The van der Waals surface area contributed by atoms with E-state index >= 15 is 0 Å². The van der Waals surface area contributed by atoms with Gasteiger partial charge in [-0.2, -0.15) is 0 Å². The molecule has 20 heavy (non-hydrogen) atoms. The molecular weight excluding hydrogens is 246 g/mol. The molecule has 1 aromatic heterocycles. The summed E-state index contributed by atoms with van der Waals surface area (Å²) >= 11 is 0. The van der Waals surface area contributed by atoms with E-state index in [1.54, 1.807) is 0 Å². The van der Waals surface area contributed by atoms with Gasteiger partial charge in [-0.3, -0.25) is 9.88 Å². The van der Waals surface area contributed by atoms with Crippen LogP contribution in [0.3, 0.4) is 0 Å². The van der Waals surface area contributed by atoms with Crippen LogP contribution in [-0.2, 0) is 6.54 Å². The maximum absolute atomic E-state index is 4.10. The Morgan fingerprint density at radius 2 is 2.05 bits per heavy atom. The van der Waals surface area contributed by atoms with Crippen LogP contribution in [0, 0.1) is 5.41 Å². The molecule has 3 heteroatoms. The van der Waals surface area contributed by atoms with Crippen LogP contribution in [0.2, 0.25) is 0 Å². The summed E-state index contributed by atoms with van der Waals surface area (Å²) in [5, 5.41) is 3.78. The third kappa shape index (κ3) is 3.58. The Hall–Kier alpha value is -0.930. The van der Waals surface area contributed by atoms with Crippen molar-refractivity contribution >= 4 is 0 Å². The number of hydrogen-bond acceptors (Lipinski definition) is 3. The molecule has 1 fully saturated rings. The Bertz CT molecular complexity index is 402. The maximum Gasteiger partial charge on any atom is 0.0274 e. The van der Waals surface area contributed by atoms with Gasteiger partial charge in [0.15, 0.2) is 0 Å². The normalized spacial score (nSPS) is 25.2. The molecule has 2 atom stereocenters. The van der Waals surface area contributed by atoms with Crippen molar-refractivity contribution in [1.82, 2.24) is 15.2 Å². The second-order valence-electron chi connectivity index (χ2n) is 6.80. The SMILES string of the molecule is CCCNC1C(N(C)Cc2ccncc2)CCC1(C)C. The number of nitrogens with zero attached hydrogens (tertiary/aromatic N) is 2. The summed E-state index contributed by atoms with van der Waals surface area (Å²) in [4.78, 5) is 6.61. The first-order valence-corrected chi connectivity index (χ1v) is 7.87. The molecule has 3 nitrogen and oxygen atoms in total. The largest absolute Gasteiger partial charge is 0.312 e. The van der Waals surface area contributed by atoms with Gasteiger partial charge >= 0.3 is 0 Å². The van der Waals surface area contributed by atoms with Crippen LogP contribution in [0.1, 0.15) is 45.6 Å². The minimum atomic E-state index is 0.395. The van der Waals surface area contributed by atoms with Crippen molar-refractivity contribution in [3.05, 3.63) is 30.1 Å². The summed E-state index contributed by atoms with van der Waals surface area (Å²) in [6, 6.07) is 5.45. The first-order valence-electron chi connectivity index (χ1n) is 7.87. The Labute approximate surface area is 123 Å². The lowest BCUT2D eigenvalue weighted by molar-refractivity contribution is 0.165. The van der Waals surface area contributed by atoms with E-state index in [0.29, 0.717) is 17.5 Å². The van der Waals surface area contributed by atoms with Crippen molar-refractivity contribution in [3.8, 4) is 0 Å². The van der Waals surface area contributed by atoms with Crippen molar-refractivity contribution < 1.29 is 0 Å². The number of aromatic nitrogens is 1. The smallest absolute Gasteiger partial charge is 0.0274 e. The molecule has 2 rings (SSSR count). The topological polar surface area (TPSA) is 28.2 Å². The second-order valence-corrected chi connectivity index (χ2v) is 6.80. The highest BCUT2D eigenvalue weighted by Gasteiger charge is 2.42. The van der Waals surface area contributed by atoms with Gasteiger partial charge in [-0.25, -0.2) is 0 Å². The molecule has 0 aromatic carbocycles. The van der Waals surface area contributed by atoms with Crippen LogP contribution in [0.4, 0.5) is 0 Å². The van der Waals surface area contributed by atoms with Gasteiger partial charge in [0.2, 0.25) is 0 Å². The van der Waals surface area contributed by atoms with E-state index in [9.17, 15) is 0 Å². The van der Waals surface area contributed by atoms with Crippen LogP contribution in [0.5, 0.6) is 0 Å².